The molecule has 0 bridgehead atoms. The Morgan fingerprint density at radius 3 is 2.64 bits per heavy atom. The minimum absolute atomic E-state index is 0.00842. The molecule has 1 aliphatic rings. The Balaban J connectivity index is 1.63. The average Bonchev–Trinajstić information content (AvgIpc) is 2.70. The number of benzene rings is 2. The summed E-state index contributed by atoms with van der Waals surface area (Å²) in [6.45, 7) is 3.77. The number of ether oxygens (including phenoxy) is 2. The van der Waals surface area contributed by atoms with Gasteiger partial charge in [-0.05, 0) is 62.2 Å². The molecule has 152 valence electrons. The molecule has 1 fully saturated rings. The Labute approximate surface area is 175 Å². The van der Waals surface area contributed by atoms with E-state index in [-0.39, 0.29) is 6.61 Å². The van der Waals surface area contributed by atoms with Crippen molar-refractivity contribution in [2.24, 2.45) is 5.92 Å². The summed E-state index contributed by atoms with van der Waals surface area (Å²) in [5.41, 5.74) is 1.23. The Morgan fingerprint density at radius 2 is 1.93 bits per heavy atom. The van der Waals surface area contributed by atoms with E-state index in [9.17, 15) is 4.39 Å². The lowest BCUT2D eigenvalue weighted by molar-refractivity contribution is 0.279. The molecule has 0 radical (unpaired) electrons. The van der Waals surface area contributed by atoms with E-state index >= 15 is 0 Å². The van der Waals surface area contributed by atoms with Crippen LogP contribution in [-0.4, -0.2) is 26.7 Å². The lowest BCUT2D eigenvalue weighted by atomic mass is 9.98. The summed E-state index contributed by atoms with van der Waals surface area (Å²) in [5, 5.41) is 7.75. The normalized spacial score (nSPS) is 14.9. The zero-order chi connectivity index (χ0) is 19.9. The number of rotatable bonds is 8. The molecule has 1 aliphatic heterocycles. The molecule has 1 heterocycles. The fourth-order valence-corrected chi connectivity index (χ4v) is 3.74. The summed E-state index contributed by atoms with van der Waals surface area (Å²) < 4.78 is 25.1. The molecule has 4 nitrogen and oxygen atoms in total. The van der Waals surface area contributed by atoms with Crippen molar-refractivity contribution in [2.75, 3.05) is 26.7 Å². The van der Waals surface area contributed by atoms with Crippen molar-refractivity contribution in [1.29, 1.82) is 0 Å². The lowest BCUT2D eigenvalue weighted by Gasteiger charge is -2.23. The van der Waals surface area contributed by atoms with Gasteiger partial charge in [-0.15, -0.1) is 0 Å². The molecule has 0 unspecified atom stereocenters. The second-order valence-corrected chi connectivity index (χ2v) is 7.72. The first-order chi connectivity index (χ1) is 13.6. The van der Waals surface area contributed by atoms with Gasteiger partial charge in [0, 0.05) is 23.2 Å². The van der Waals surface area contributed by atoms with Crippen LogP contribution in [0.5, 0.6) is 11.5 Å². The van der Waals surface area contributed by atoms with Gasteiger partial charge >= 0.3 is 0 Å². The zero-order valence-corrected chi connectivity index (χ0v) is 17.4. The Bertz CT molecular complexity index is 778. The molecule has 7 heteroatoms. The van der Waals surface area contributed by atoms with E-state index in [0.717, 1.165) is 25.2 Å². The molecular formula is C21H25Cl2FN2O2. The van der Waals surface area contributed by atoms with Gasteiger partial charge in [-0.3, -0.25) is 0 Å². The van der Waals surface area contributed by atoms with Gasteiger partial charge in [-0.2, -0.15) is 0 Å². The van der Waals surface area contributed by atoms with Crippen molar-refractivity contribution in [3.05, 3.63) is 57.3 Å². The monoisotopic (exact) mass is 426 g/mol. The van der Waals surface area contributed by atoms with Crippen LogP contribution < -0.4 is 20.1 Å². The number of nitrogens with one attached hydrogen (secondary N) is 2. The number of halogens is 3. The molecule has 0 aliphatic carbocycles. The molecular weight excluding hydrogens is 402 g/mol. The molecule has 2 aromatic rings. The highest BCUT2D eigenvalue weighted by Crippen LogP contribution is 2.34. The number of piperidine rings is 1. The van der Waals surface area contributed by atoms with Gasteiger partial charge in [0.2, 0.25) is 0 Å². The highest BCUT2D eigenvalue weighted by Gasteiger charge is 2.15. The summed E-state index contributed by atoms with van der Waals surface area (Å²) in [6, 6.07) is 8.10. The summed E-state index contributed by atoms with van der Waals surface area (Å²) in [5.74, 6) is 1.29. The van der Waals surface area contributed by atoms with Gasteiger partial charge in [0.25, 0.3) is 0 Å². The third kappa shape index (κ3) is 5.51. The minimum atomic E-state index is -0.406. The van der Waals surface area contributed by atoms with E-state index in [4.69, 9.17) is 32.7 Å². The van der Waals surface area contributed by atoms with Crippen LogP contribution in [-0.2, 0) is 13.2 Å². The van der Waals surface area contributed by atoms with Gasteiger partial charge in [0.1, 0.15) is 12.4 Å². The fourth-order valence-electron chi connectivity index (χ4n) is 3.30. The maximum absolute atomic E-state index is 13.9. The van der Waals surface area contributed by atoms with Crippen molar-refractivity contribution in [3.8, 4) is 11.5 Å². The van der Waals surface area contributed by atoms with Gasteiger partial charge < -0.3 is 20.1 Å². The van der Waals surface area contributed by atoms with Crippen molar-refractivity contribution in [2.45, 2.75) is 26.0 Å². The van der Waals surface area contributed by atoms with E-state index < -0.39 is 5.82 Å². The van der Waals surface area contributed by atoms with Crippen LogP contribution >= 0.6 is 23.2 Å². The Kier molecular flexibility index (Phi) is 7.80. The van der Waals surface area contributed by atoms with Crippen LogP contribution in [0.15, 0.2) is 30.3 Å². The first kappa shape index (κ1) is 21.2. The van der Waals surface area contributed by atoms with Crippen molar-refractivity contribution in [1.82, 2.24) is 10.6 Å². The average molecular weight is 427 g/mol. The van der Waals surface area contributed by atoms with Crippen molar-refractivity contribution in [3.63, 3.8) is 0 Å². The van der Waals surface area contributed by atoms with E-state index in [2.05, 4.69) is 10.6 Å². The van der Waals surface area contributed by atoms with Crippen LogP contribution in [0.1, 0.15) is 24.0 Å². The van der Waals surface area contributed by atoms with Gasteiger partial charge in [-0.25, -0.2) is 4.39 Å². The van der Waals surface area contributed by atoms with Crippen LogP contribution in [0.2, 0.25) is 10.0 Å². The first-order valence-corrected chi connectivity index (χ1v) is 10.2. The number of hydrogen-bond acceptors (Lipinski definition) is 4. The third-order valence-electron chi connectivity index (χ3n) is 4.97. The van der Waals surface area contributed by atoms with Gasteiger partial charge in [0.15, 0.2) is 11.5 Å². The topological polar surface area (TPSA) is 42.5 Å². The maximum atomic E-state index is 13.9. The van der Waals surface area contributed by atoms with Gasteiger partial charge in [0.05, 0.1) is 12.1 Å². The molecule has 0 atom stereocenters. The van der Waals surface area contributed by atoms with Crippen LogP contribution in [0.3, 0.4) is 0 Å². The summed E-state index contributed by atoms with van der Waals surface area (Å²) in [4.78, 5) is 0. The minimum Gasteiger partial charge on any atom is -0.493 e. The van der Waals surface area contributed by atoms with Crippen LogP contribution in [0, 0.1) is 11.7 Å². The Hall–Kier alpha value is -1.53. The molecule has 0 amide bonds. The van der Waals surface area contributed by atoms with Crippen molar-refractivity contribution < 1.29 is 13.9 Å². The highest BCUT2D eigenvalue weighted by atomic mass is 35.5. The summed E-state index contributed by atoms with van der Waals surface area (Å²) in [6.07, 6.45) is 2.38. The molecule has 2 aromatic carbocycles. The predicted octanol–water partition coefficient (Wildman–Crippen LogP) is 4.81. The van der Waals surface area contributed by atoms with Crippen LogP contribution in [0.25, 0.3) is 0 Å². The van der Waals surface area contributed by atoms with E-state index in [0.29, 0.717) is 39.6 Å². The van der Waals surface area contributed by atoms with Crippen molar-refractivity contribution >= 4 is 23.2 Å². The Morgan fingerprint density at radius 1 is 1.14 bits per heavy atom. The molecule has 28 heavy (non-hydrogen) atoms. The molecule has 0 spiro atoms. The lowest BCUT2D eigenvalue weighted by Crippen LogP contribution is -2.33. The van der Waals surface area contributed by atoms with Crippen LogP contribution in [0.4, 0.5) is 4.39 Å². The quantitative estimate of drug-likeness (QED) is 0.635. The molecule has 1 saturated heterocycles. The standard InChI is InChI=1S/C21H25Cl2FN2O2/c1-27-20-9-15(12-26-11-14-5-7-25-8-6-14)18(23)10-21(20)28-13-16-17(22)3-2-4-19(16)24/h2-4,9-10,14,25-26H,5-8,11-13H2,1H3. The second kappa shape index (κ2) is 10.3. The molecule has 2 N–H and O–H groups in total. The molecule has 0 aromatic heterocycles. The largest absolute Gasteiger partial charge is 0.493 e. The second-order valence-electron chi connectivity index (χ2n) is 6.91. The SMILES string of the molecule is COc1cc(CNCC2CCNCC2)c(Cl)cc1OCc1c(F)cccc1Cl. The zero-order valence-electron chi connectivity index (χ0n) is 15.9. The molecule has 3 rings (SSSR count). The van der Waals surface area contributed by atoms with E-state index in [1.165, 1.54) is 18.9 Å². The van der Waals surface area contributed by atoms with Gasteiger partial charge in [-0.1, -0.05) is 29.3 Å². The highest BCUT2D eigenvalue weighted by molar-refractivity contribution is 6.31. The smallest absolute Gasteiger partial charge is 0.163 e. The first-order valence-electron chi connectivity index (χ1n) is 9.42. The summed E-state index contributed by atoms with van der Waals surface area (Å²) in [7, 11) is 1.57. The van der Waals surface area contributed by atoms with E-state index in [1.807, 2.05) is 6.07 Å². The predicted molar refractivity (Wildman–Crippen MR) is 111 cm³/mol. The fraction of sp³-hybridized carbons (Fsp3) is 0.429. The number of methoxy groups -OCH3 is 1. The number of hydrogen-bond donors (Lipinski definition) is 2. The maximum Gasteiger partial charge on any atom is 0.163 e. The third-order valence-corrected chi connectivity index (χ3v) is 5.68. The van der Waals surface area contributed by atoms with E-state index in [1.54, 1.807) is 25.3 Å². The molecule has 0 saturated carbocycles. The summed E-state index contributed by atoms with van der Waals surface area (Å²) >= 11 is 12.5.